The summed E-state index contributed by atoms with van der Waals surface area (Å²) in [5.41, 5.74) is 3.93. The van der Waals surface area contributed by atoms with E-state index in [0.29, 0.717) is 6.61 Å². The van der Waals surface area contributed by atoms with Crippen LogP contribution in [0.2, 0.25) is 25.7 Å². The van der Waals surface area contributed by atoms with Crippen LogP contribution in [0.3, 0.4) is 0 Å². The monoisotopic (exact) mass is 1900 g/mol. The van der Waals surface area contributed by atoms with E-state index in [-0.39, 0.29) is 85.9 Å². The molecule has 7 aromatic rings. The van der Waals surface area contributed by atoms with Gasteiger partial charge in [0.2, 0.25) is 0 Å². The summed E-state index contributed by atoms with van der Waals surface area (Å²) in [5.74, 6) is -11.0. The first-order chi connectivity index (χ1) is 65.4. The van der Waals surface area contributed by atoms with Crippen molar-refractivity contribution in [3.05, 3.63) is 249 Å². The normalized spacial score (nSPS) is 25.9. The van der Waals surface area contributed by atoms with Crippen LogP contribution in [0, 0.1) is 13.8 Å². The van der Waals surface area contributed by atoms with Crippen LogP contribution >= 0.6 is 0 Å². The second kappa shape index (κ2) is 47.8. The Bertz CT molecular complexity index is 5210. The fraction of sp³-hybridized carbons (Fsp3) is 0.460. The SMILES string of the molecule is CC(=O)OC[C@H]1O[C@@H](OC[C@H]2O[C@@H](OCCCO[C@H]3[C@H](OCc4ccccc4)[C@@H](OCc4ccccc4)[C@H](OCC[Si](C)(C)C)O[C@@H]3COCc3ccccc3)[C@H](N3C(=O)c4ccccc4C3=O)[C@@H](OC(=O)c3ccc(C)cc3)[C@@H]2OC(=O)c2ccc(C)cc2)[C@H](OC(C)=O)[C@@H](OC(C)=O)[C@@H]1OCCCO[C@@H]1O[C@H](COC(C)=O)[C@@H](OC(C)=O)[C@H](OC(C)=O)[C@H]1N1C(=O)c2ccccc2C1=O. The van der Waals surface area contributed by atoms with Crippen LogP contribution in [0.4, 0.5) is 0 Å². The van der Waals surface area contributed by atoms with Gasteiger partial charge in [0.25, 0.3) is 23.6 Å². The highest BCUT2D eigenvalue weighted by atomic mass is 28.3. The van der Waals surface area contributed by atoms with Gasteiger partial charge >= 0.3 is 47.8 Å². The van der Waals surface area contributed by atoms with Crippen LogP contribution in [-0.2, 0) is 148 Å². The number of carbonyl (C=O) groups is 12. The van der Waals surface area contributed by atoms with E-state index in [1.54, 1.807) is 50.2 Å². The van der Waals surface area contributed by atoms with Gasteiger partial charge in [-0.2, -0.15) is 0 Å². The number of esters is 8. The molecule has 7 aromatic carbocycles. The van der Waals surface area contributed by atoms with E-state index in [0.717, 1.165) is 85.2 Å². The summed E-state index contributed by atoms with van der Waals surface area (Å²) in [6.45, 7) is 14.0. The molecule has 0 bridgehead atoms. The van der Waals surface area contributed by atoms with Gasteiger partial charge in [0.1, 0.15) is 74.1 Å². The van der Waals surface area contributed by atoms with Gasteiger partial charge in [-0.1, -0.05) is 170 Å². The molecule has 0 aliphatic carbocycles. The van der Waals surface area contributed by atoms with Crippen molar-refractivity contribution in [2.75, 3.05) is 59.5 Å². The van der Waals surface area contributed by atoms with Crippen LogP contribution in [0.1, 0.15) is 144 Å². The number of nitrogens with zero attached hydrogens (tertiary/aromatic N) is 2. The molecule has 136 heavy (non-hydrogen) atoms. The third-order valence-electron chi connectivity index (χ3n) is 23.1. The second-order valence-corrected chi connectivity index (χ2v) is 40.4. The average molecular weight is 1900 g/mol. The number of ether oxygens (including phenoxy) is 21. The van der Waals surface area contributed by atoms with Crippen LogP contribution < -0.4 is 0 Å². The van der Waals surface area contributed by atoms with E-state index in [9.17, 15) is 38.4 Å². The minimum Gasteiger partial charge on any atom is -0.463 e. The predicted molar refractivity (Wildman–Crippen MR) is 479 cm³/mol. The Labute approximate surface area is 787 Å². The molecular weight excluding hydrogens is 1790 g/mol. The highest BCUT2D eigenvalue weighted by molar-refractivity contribution is 6.76. The van der Waals surface area contributed by atoms with E-state index < -0.39 is 235 Å². The number of fused-ring (bicyclic) bond motifs is 2. The predicted octanol–water partition coefficient (Wildman–Crippen LogP) is 10.5. The summed E-state index contributed by atoms with van der Waals surface area (Å²) in [6.07, 6.45) is -27.7. The quantitative estimate of drug-likeness (QED) is 0.0113. The van der Waals surface area contributed by atoms with Crippen molar-refractivity contribution in [1.82, 2.24) is 9.80 Å². The number of hydrogen-bond acceptors (Lipinski definition) is 33. The lowest BCUT2D eigenvalue weighted by atomic mass is 9.94. The fourth-order valence-electron chi connectivity index (χ4n) is 16.7. The van der Waals surface area contributed by atoms with Crippen molar-refractivity contribution in [3.8, 4) is 0 Å². The number of hydrogen-bond donors (Lipinski definition) is 0. The van der Waals surface area contributed by atoms with Gasteiger partial charge in [-0.3, -0.25) is 57.7 Å². The maximum Gasteiger partial charge on any atom is 0.338 e. The van der Waals surface area contributed by atoms with Crippen molar-refractivity contribution in [3.63, 3.8) is 0 Å². The molecule has 36 heteroatoms. The van der Waals surface area contributed by atoms with Crippen LogP contribution in [0.15, 0.2) is 188 Å². The Morgan fingerprint density at radius 2 is 0.632 bits per heavy atom. The third-order valence-corrected chi connectivity index (χ3v) is 24.8. The van der Waals surface area contributed by atoms with Crippen molar-refractivity contribution in [2.45, 2.75) is 236 Å². The van der Waals surface area contributed by atoms with Crippen LogP contribution in [0.5, 0.6) is 0 Å². The summed E-state index contributed by atoms with van der Waals surface area (Å²) < 4.78 is 136. The van der Waals surface area contributed by atoms with Gasteiger partial charge in [0.05, 0.1) is 79.6 Å². The number of aryl methyl sites for hydroxylation is 2. The van der Waals surface area contributed by atoms with Gasteiger partial charge in [-0.05, 0) is 98.0 Å². The highest BCUT2D eigenvalue weighted by Gasteiger charge is 2.61. The summed E-state index contributed by atoms with van der Waals surface area (Å²) in [7, 11) is -1.69. The molecule has 0 N–H and O–H groups in total. The smallest absolute Gasteiger partial charge is 0.338 e. The molecule has 20 atom stereocenters. The molecule has 0 spiro atoms. The summed E-state index contributed by atoms with van der Waals surface area (Å²) >= 11 is 0. The highest BCUT2D eigenvalue weighted by Crippen LogP contribution is 2.41. The zero-order valence-electron chi connectivity index (χ0n) is 77.4. The van der Waals surface area contributed by atoms with E-state index in [4.69, 9.17) is 99.5 Å². The van der Waals surface area contributed by atoms with Crippen molar-refractivity contribution in [1.29, 1.82) is 0 Å². The first-order valence-electron chi connectivity index (χ1n) is 45.1. The topological polar surface area (TPSA) is 405 Å². The lowest BCUT2D eigenvalue weighted by molar-refractivity contribution is -0.330. The Kier molecular flexibility index (Phi) is 35.8. The molecule has 35 nitrogen and oxygen atoms in total. The summed E-state index contributed by atoms with van der Waals surface area (Å²) in [4.78, 5) is 170. The maximum absolute atomic E-state index is 15.4. The Balaban J connectivity index is 0.830. The molecule has 4 fully saturated rings. The molecule has 6 heterocycles. The molecule has 0 saturated carbocycles. The van der Waals surface area contributed by atoms with Crippen molar-refractivity contribution >= 4 is 79.5 Å². The molecule has 0 radical (unpaired) electrons. The summed E-state index contributed by atoms with van der Waals surface area (Å²) in [6, 6.07) is 50.4. The number of carbonyl (C=O) groups excluding carboxylic acids is 12. The molecule has 726 valence electrons. The molecule has 6 aliphatic heterocycles. The largest absolute Gasteiger partial charge is 0.463 e. The minimum absolute atomic E-state index is 0.0107. The molecule has 0 unspecified atom stereocenters. The zero-order valence-corrected chi connectivity index (χ0v) is 78.4. The maximum atomic E-state index is 15.4. The molecule has 4 amide bonds. The molecule has 0 aromatic heterocycles. The van der Waals surface area contributed by atoms with E-state index in [2.05, 4.69) is 19.6 Å². The zero-order chi connectivity index (χ0) is 96.9. The van der Waals surface area contributed by atoms with Gasteiger partial charge in [-0.15, -0.1) is 0 Å². The lowest BCUT2D eigenvalue weighted by Crippen LogP contribution is -2.68. The van der Waals surface area contributed by atoms with E-state index in [1.165, 1.54) is 60.7 Å². The minimum atomic E-state index is -1.97. The Morgan fingerprint density at radius 1 is 0.301 bits per heavy atom. The molecule has 13 rings (SSSR count). The first-order valence-corrected chi connectivity index (χ1v) is 48.8. The van der Waals surface area contributed by atoms with Crippen molar-refractivity contribution < 1.29 is 157 Å². The lowest BCUT2D eigenvalue weighted by Gasteiger charge is -2.48. The fourth-order valence-corrected chi connectivity index (χ4v) is 17.4. The molecular formula is C100H114N2O33Si. The standard InChI is InChI=1S/C100H114N2O33Si/c1-58-37-41-69(42-38-58)95(113)134-84-78(57-125-100-90(129-65(8)108)88(128-64(7)107)82(76(133-100)55-121-60(3)103)117-46-26-48-118-97-79(101-91(109)71-33-21-22-34-72(71)92(101)110)85(127-63(6)106)83(126-62(5)105)77(130-97)56-122-61(4)104)131-98(80(86(84)135-96(114)70-43-39-59(2)40-44-70)102-93(111)73-35-23-24-36-74(73)94(102)112)119-47-25-45-116-81-75(54-115-51-66-27-15-12-16-28-66)132-99(120-49-50-136(9,10)11)89(124-53-68-31-19-14-20-32-68)87(81)123-52-67-29-17-13-18-30-67/h12-24,27-44,75-90,97-100H,25-26,45-57H2,1-11H3/t75-,76-,77-,78-,79-,80-,81-,82-,83-,84-,85-,86-,87+,88+,89-,90-,97-,98-,99-,100-/m1/s1. The molecule has 6 aliphatic rings. The molecule has 4 saturated heterocycles. The van der Waals surface area contributed by atoms with Crippen LogP contribution in [-0.4, -0.2) is 271 Å². The third kappa shape index (κ3) is 26.5. The van der Waals surface area contributed by atoms with Gasteiger partial charge in [0.15, 0.2) is 61.8 Å². The number of imide groups is 2. The first kappa shape index (κ1) is 102. The van der Waals surface area contributed by atoms with E-state index in [1.807, 2.05) is 91.0 Å². The van der Waals surface area contributed by atoms with Crippen molar-refractivity contribution in [2.24, 2.45) is 0 Å². The summed E-state index contributed by atoms with van der Waals surface area (Å²) in [5, 5.41) is 0. The van der Waals surface area contributed by atoms with Gasteiger partial charge < -0.3 is 99.5 Å². The van der Waals surface area contributed by atoms with Gasteiger partial charge in [0, 0.05) is 69.4 Å². The number of amides is 4. The Morgan fingerprint density at radius 3 is 1.07 bits per heavy atom. The van der Waals surface area contributed by atoms with Crippen LogP contribution in [0.25, 0.3) is 0 Å². The number of rotatable bonds is 43. The Hall–Kier alpha value is -11.7. The van der Waals surface area contributed by atoms with Gasteiger partial charge in [-0.25, -0.2) is 9.59 Å². The van der Waals surface area contributed by atoms with E-state index >= 15 is 19.2 Å². The average Bonchev–Trinajstić information content (AvgIpc) is 1.59. The number of benzene rings is 7. The second-order valence-electron chi connectivity index (χ2n) is 34.7.